The number of benzene rings is 1. The molecule has 1 rings (SSSR count). The quantitative estimate of drug-likeness (QED) is 0.615. The second-order valence-electron chi connectivity index (χ2n) is 2.76. The van der Waals surface area contributed by atoms with Gasteiger partial charge in [-0.15, -0.1) is 11.6 Å². The first-order valence-electron chi connectivity index (χ1n) is 4.04. The van der Waals surface area contributed by atoms with E-state index in [1.807, 2.05) is 0 Å². The van der Waals surface area contributed by atoms with E-state index in [-0.39, 0.29) is 22.8 Å². The maximum absolute atomic E-state index is 11.4. The topological polar surface area (TPSA) is 70.3 Å². The van der Waals surface area contributed by atoms with Crippen molar-refractivity contribution >= 4 is 17.6 Å². The van der Waals surface area contributed by atoms with Crippen LogP contribution in [0.15, 0.2) is 12.1 Å². The van der Waals surface area contributed by atoms with Gasteiger partial charge in [-0.05, 0) is 17.7 Å². The molecule has 0 aliphatic heterocycles. The summed E-state index contributed by atoms with van der Waals surface area (Å²) in [7, 11) is 1.22. The lowest BCUT2D eigenvalue weighted by atomic mass is 10.0. The van der Waals surface area contributed by atoms with Gasteiger partial charge < -0.3 is 9.84 Å². The number of nitrogens with zero attached hydrogens (tertiary/aromatic N) is 1. The molecule has 0 spiro atoms. The molecule has 5 heteroatoms. The lowest BCUT2D eigenvalue weighted by Gasteiger charge is -2.07. The lowest BCUT2D eigenvalue weighted by molar-refractivity contribution is 0.0599. The molecule has 0 bridgehead atoms. The fourth-order valence-corrected chi connectivity index (χ4v) is 1.43. The summed E-state index contributed by atoms with van der Waals surface area (Å²) in [4.78, 5) is 11.4. The van der Waals surface area contributed by atoms with Crippen LogP contribution in [0.3, 0.4) is 0 Å². The van der Waals surface area contributed by atoms with Crippen LogP contribution in [0.4, 0.5) is 0 Å². The second-order valence-corrected chi connectivity index (χ2v) is 3.03. The van der Waals surface area contributed by atoms with Crippen molar-refractivity contribution in [3.63, 3.8) is 0 Å². The van der Waals surface area contributed by atoms with Crippen LogP contribution in [-0.4, -0.2) is 18.2 Å². The van der Waals surface area contributed by atoms with Crippen LogP contribution in [0.2, 0.25) is 0 Å². The molecule has 1 aromatic rings. The van der Waals surface area contributed by atoms with Gasteiger partial charge in [-0.3, -0.25) is 0 Å². The highest BCUT2D eigenvalue weighted by molar-refractivity contribution is 6.17. The molecular weight excluding hydrogens is 218 g/mol. The number of carbonyl (C=O) groups is 1. The Hall–Kier alpha value is -1.73. The molecule has 0 aliphatic rings. The molecule has 0 radical (unpaired) electrons. The number of carbonyl (C=O) groups excluding carboxylic acids is 1. The van der Waals surface area contributed by atoms with Crippen molar-refractivity contribution in [1.29, 1.82) is 5.26 Å². The summed E-state index contributed by atoms with van der Waals surface area (Å²) in [5.41, 5.74) is 0.533. The molecule has 0 saturated heterocycles. The molecule has 0 saturated carbocycles. The van der Waals surface area contributed by atoms with Gasteiger partial charge in [0.1, 0.15) is 11.8 Å². The SMILES string of the molecule is COC(=O)c1c(C#N)cc(O)cc1CCl. The zero-order valence-corrected chi connectivity index (χ0v) is 8.71. The van der Waals surface area contributed by atoms with E-state index >= 15 is 0 Å². The van der Waals surface area contributed by atoms with Crippen molar-refractivity contribution in [1.82, 2.24) is 0 Å². The average Bonchev–Trinajstić information content (AvgIpc) is 2.26. The van der Waals surface area contributed by atoms with Crippen LogP contribution < -0.4 is 0 Å². The number of esters is 1. The van der Waals surface area contributed by atoms with Crippen LogP contribution in [0.5, 0.6) is 5.75 Å². The minimum absolute atomic E-state index is 0.0213. The number of alkyl halides is 1. The van der Waals surface area contributed by atoms with Crippen LogP contribution in [0.25, 0.3) is 0 Å². The number of hydrogen-bond acceptors (Lipinski definition) is 4. The minimum Gasteiger partial charge on any atom is -0.508 e. The summed E-state index contributed by atoms with van der Waals surface area (Å²) in [5.74, 6) is -0.717. The summed E-state index contributed by atoms with van der Waals surface area (Å²) in [6, 6.07) is 4.34. The molecule has 1 N–H and O–H groups in total. The van der Waals surface area contributed by atoms with Gasteiger partial charge in [-0.2, -0.15) is 5.26 Å². The number of phenols is 1. The Bertz CT molecular complexity index is 437. The maximum Gasteiger partial charge on any atom is 0.339 e. The van der Waals surface area contributed by atoms with Crippen molar-refractivity contribution < 1.29 is 14.6 Å². The summed E-state index contributed by atoms with van der Waals surface area (Å²) < 4.78 is 4.53. The third-order valence-electron chi connectivity index (χ3n) is 1.86. The molecule has 0 heterocycles. The molecule has 78 valence electrons. The maximum atomic E-state index is 11.4. The first-order valence-corrected chi connectivity index (χ1v) is 4.57. The summed E-state index contributed by atoms with van der Waals surface area (Å²) in [5, 5.41) is 18.1. The van der Waals surface area contributed by atoms with E-state index in [0.29, 0.717) is 5.56 Å². The Balaban J connectivity index is 3.45. The number of aromatic hydroxyl groups is 1. The molecule has 0 aromatic heterocycles. The zero-order chi connectivity index (χ0) is 11.4. The number of phenolic OH excluding ortho intramolecular Hbond substituents is 1. The standard InChI is InChI=1S/C10H8ClNO3/c1-15-10(14)9-6(4-11)2-8(13)3-7(9)5-12/h2-3,13H,4H2,1H3. The van der Waals surface area contributed by atoms with E-state index in [2.05, 4.69) is 4.74 Å². The van der Waals surface area contributed by atoms with Gasteiger partial charge in [0.25, 0.3) is 0 Å². The summed E-state index contributed by atoms with van der Waals surface area (Å²) in [6.07, 6.45) is 0. The van der Waals surface area contributed by atoms with Gasteiger partial charge in [0.15, 0.2) is 0 Å². The summed E-state index contributed by atoms with van der Waals surface area (Å²) >= 11 is 5.61. The van der Waals surface area contributed by atoms with Crippen molar-refractivity contribution in [2.75, 3.05) is 7.11 Å². The molecule has 0 atom stereocenters. The number of hydrogen-bond donors (Lipinski definition) is 1. The largest absolute Gasteiger partial charge is 0.508 e. The number of methoxy groups -OCH3 is 1. The Labute approximate surface area is 91.7 Å². The Morgan fingerprint density at radius 1 is 1.67 bits per heavy atom. The normalized spacial score (nSPS) is 9.40. The first kappa shape index (κ1) is 11.3. The number of rotatable bonds is 2. The predicted octanol–water partition coefficient (Wildman–Crippen LogP) is 1.79. The van der Waals surface area contributed by atoms with Crippen molar-refractivity contribution in [3.05, 3.63) is 28.8 Å². The Morgan fingerprint density at radius 2 is 2.33 bits per heavy atom. The highest BCUT2D eigenvalue weighted by Gasteiger charge is 2.17. The van der Waals surface area contributed by atoms with Crippen LogP contribution in [-0.2, 0) is 10.6 Å². The van der Waals surface area contributed by atoms with Crippen molar-refractivity contribution in [2.24, 2.45) is 0 Å². The molecule has 1 aromatic carbocycles. The molecule has 15 heavy (non-hydrogen) atoms. The minimum atomic E-state index is -0.637. The van der Waals surface area contributed by atoms with Crippen LogP contribution in [0, 0.1) is 11.3 Å². The molecule has 0 fully saturated rings. The number of halogens is 1. The van der Waals surface area contributed by atoms with Gasteiger partial charge >= 0.3 is 5.97 Å². The van der Waals surface area contributed by atoms with Gasteiger partial charge in [0.2, 0.25) is 0 Å². The van der Waals surface area contributed by atoms with Crippen LogP contribution >= 0.6 is 11.6 Å². The molecule has 4 nitrogen and oxygen atoms in total. The molecule has 0 unspecified atom stereocenters. The number of nitriles is 1. The Morgan fingerprint density at radius 3 is 2.80 bits per heavy atom. The van der Waals surface area contributed by atoms with Gasteiger partial charge in [-0.1, -0.05) is 0 Å². The van der Waals surface area contributed by atoms with Crippen molar-refractivity contribution in [2.45, 2.75) is 5.88 Å². The first-order chi connectivity index (χ1) is 7.13. The highest BCUT2D eigenvalue weighted by atomic mass is 35.5. The fourth-order valence-electron chi connectivity index (χ4n) is 1.22. The third-order valence-corrected chi connectivity index (χ3v) is 2.15. The van der Waals surface area contributed by atoms with Crippen molar-refractivity contribution in [3.8, 4) is 11.8 Å². The van der Waals surface area contributed by atoms with E-state index in [1.165, 1.54) is 19.2 Å². The van der Waals surface area contributed by atoms with E-state index in [0.717, 1.165) is 0 Å². The third kappa shape index (κ3) is 2.20. The predicted molar refractivity (Wildman–Crippen MR) is 53.7 cm³/mol. The smallest absolute Gasteiger partial charge is 0.339 e. The highest BCUT2D eigenvalue weighted by Crippen LogP contribution is 2.23. The van der Waals surface area contributed by atoms with E-state index in [1.54, 1.807) is 6.07 Å². The zero-order valence-electron chi connectivity index (χ0n) is 7.95. The average molecular weight is 226 g/mol. The second kappa shape index (κ2) is 4.67. The Kier molecular flexibility index (Phi) is 3.53. The molecular formula is C10H8ClNO3. The van der Waals surface area contributed by atoms with Gasteiger partial charge in [0, 0.05) is 5.88 Å². The van der Waals surface area contributed by atoms with Crippen LogP contribution in [0.1, 0.15) is 21.5 Å². The molecule has 0 aliphatic carbocycles. The van der Waals surface area contributed by atoms with Gasteiger partial charge in [0.05, 0.1) is 18.2 Å². The van der Waals surface area contributed by atoms with E-state index < -0.39 is 5.97 Å². The van der Waals surface area contributed by atoms with E-state index in [9.17, 15) is 9.90 Å². The lowest BCUT2D eigenvalue weighted by Crippen LogP contribution is -2.07. The summed E-state index contributed by atoms with van der Waals surface area (Å²) in [6.45, 7) is 0. The van der Waals surface area contributed by atoms with Gasteiger partial charge in [-0.25, -0.2) is 4.79 Å². The van der Waals surface area contributed by atoms with E-state index in [4.69, 9.17) is 16.9 Å². The monoisotopic (exact) mass is 225 g/mol. The fraction of sp³-hybridized carbons (Fsp3) is 0.200. The molecule has 0 amide bonds. The number of ether oxygens (including phenoxy) is 1.